The second kappa shape index (κ2) is 6.97. The molecular formula is C27H27NO2. The number of furan rings is 1. The first-order valence-electron chi connectivity index (χ1n) is 11.1. The fourth-order valence-electron chi connectivity index (χ4n) is 5.82. The number of rotatable bonds is 3. The number of hydrogen-bond acceptors (Lipinski definition) is 3. The third kappa shape index (κ3) is 2.96. The number of para-hydroxylation sites is 1. The lowest BCUT2D eigenvalue weighted by Gasteiger charge is -2.52. The first kappa shape index (κ1) is 18.2. The highest BCUT2D eigenvalue weighted by molar-refractivity contribution is 6.05. The standard InChI is InChI=1S/C27H27NO2/c29-27(20-13-14-26-24(15-20)23-11-4-5-12-25(23)30-26)16-21-9-6-10-22(17-27)28(21)18-19-7-2-1-3-8-19/h1-5,7-8,11-15,21-22,29H,6,9-10,16-18H2. The van der Waals surface area contributed by atoms with E-state index in [0.717, 1.165) is 46.9 Å². The first-order chi connectivity index (χ1) is 14.7. The van der Waals surface area contributed by atoms with E-state index in [1.165, 1.54) is 24.8 Å². The molecule has 0 amide bonds. The number of benzene rings is 3. The summed E-state index contributed by atoms with van der Waals surface area (Å²) in [5, 5.41) is 14.1. The Morgan fingerprint density at radius 3 is 2.33 bits per heavy atom. The van der Waals surface area contributed by atoms with Crippen LogP contribution in [0.2, 0.25) is 0 Å². The highest BCUT2D eigenvalue weighted by Gasteiger charge is 2.46. The fraction of sp³-hybridized carbons (Fsp3) is 0.333. The number of hydrogen-bond donors (Lipinski definition) is 1. The van der Waals surface area contributed by atoms with E-state index in [-0.39, 0.29) is 0 Å². The van der Waals surface area contributed by atoms with E-state index < -0.39 is 5.60 Å². The van der Waals surface area contributed by atoms with E-state index in [0.29, 0.717) is 12.1 Å². The summed E-state index contributed by atoms with van der Waals surface area (Å²) in [7, 11) is 0. The van der Waals surface area contributed by atoms with Gasteiger partial charge in [-0.3, -0.25) is 4.90 Å². The van der Waals surface area contributed by atoms with Crippen LogP contribution in [0.25, 0.3) is 21.9 Å². The lowest BCUT2D eigenvalue weighted by molar-refractivity contribution is -0.0998. The minimum Gasteiger partial charge on any atom is -0.456 e. The zero-order chi connectivity index (χ0) is 20.1. The molecule has 152 valence electrons. The van der Waals surface area contributed by atoms with Crippen molar-refractivity contribution in [2.24, 2.45) is 0 Å². The maximum atomic E-state index is 11.8. The van der Waals surface area contributed by atoms with Gasteiger partial charge in [-0.25, -0.2) is 0 Å². The summed E-state index contributed by atoms with van der Waals surface area (Å²) in [6.07, 6.45) is 5.21. The van der Waals surface area contributed by atoms with Crippen LogP contribution in [-0.4, -0.2) is 22.1 Å². The van der Waals surface area contributed by atoms with Crippen molar-refractivity contribution < 1.29 is 9.52 Å². The molecule has 2 saturated heterocycles. The van der Waals surface area contributed by atoms with Gasteiger partial charge in [0.2, 0.25) is 0 Å². The van der Waals surface area contributed by atoms with Gasteiger partial charge >= 0.3 is 0 Å². The van der Waals surface area contributed by atoms with Gasteiger partial charge in [-0.1, -0.05) is 61.0 Å². The summed E-state index contributed by atoms with van der Waals surface area (Å²) in [4.78, 5) is 2.65. The van der Waals surface area contributed by atoms with Gasteiger partial charge in [-0.2, -0.15) is 0 Å². The molecule has 1 N–H and O–H groups in total. The van der Waals surface area contributed by atoms with Gasteiger partial charge in [0.25, 0.3) is 0 Å². The second-order valence-electron chi connectivity index (χ2n) is 9.15. The van der Waals surface area contributed by atoms with Gasteiger partial charge in [0.05, 0.1) is 5.60 Å². The minimum absolute atomic E-state index is 0.430. The van der Waals surface area contributed by atoms with E-state index in [9.17, 15) is 5.11 Å². The number of nitrogens with zero attached hydrogens (tertiary/aromatic N) is 1. The molecule has 2 fully saturated rings. The maximum absolute atomic E-state index is 11.8. The Bertz CT molecular complexity index is 1180. The molecule has 0 saturated carbocycles. The predicted octanol–water partition coefficient (Wildman–Crippen LogP) is 5.99. The highest BCUT2D eigenvalue weighted by Crippen LogP contribution is 2.45. The van der Waals surface area contributed by atoms with E-state index in [1.807, 2.05) is 24.3 Å². The molecule has 3 heteroatoms. The molecule has 30 heavy (non-hydrogen) atoms. The smallest absolute Gasteiger partial charge is 0.135 e. The van der Waals surface area contributed by atoms with Crippen LogP contribution in [0.15, 0.2) is 77.2 Å². The maximum Gasteiger partial charge on any atom is 0.135 e. The molecule has 1 aromatic heterocycles. The highest BCUT2D eigenvalue weighted by atomic mass is 16.3. The lowest BCUT2D eigenvalue weighted by atomic mass is 9.72. The van der Waals surface area contributed by atoms with Gasteiger partial charge in [0.15, 0.2) is 0 Å². The van der Waals surface area contributed by atoms with Crippen LogP contribution in [0.3, 0.4) is 0 Å². The largest absolute Gasteiger partial charge is 0.456 e. The van der Waals surface area contributed by atoms with E-state index in [2.05, 4.69) is 53.4 Å². The molecule has 2 bridgehead atoms. The molecule has 3 heterocycles. The Labute approximate surface area is 176 Å². The molecule has 0 spiro atoms. The Morgan fingerprint density at radius 2 is 1.53 bits per heavy atom. The van der Waals surface area contributed by atoms with Crippen molar-refractivity contribution in [3.05, 3.63) is 83.9 Å². The molecular weight excluding hydrogens is 370 g/mol. The normalized spacial score (nSPS) is 27.0. The van der Waals surface area contributed by atoms with Crippen LogP contribution in [0.4, 0.5) is 0 Å². The first-order valence-corrected chi connectivity index (χ1v) is 11.1. The topological polar surface area (TPSA) is 36.6 Å². The summed E-state index contributed by atoms with van der Waals surface area (Å²) in [6.45, 7) is 0.984. The van der Waals surface area contributed by atoms with E-state index >= 15 is 0 Å². The molecule has 2 aliphatic heterocycles. The lowest BCUT2D eigenvalue weighted by Crippen LogP contribution is -2.56. The summed E-state index contributed by atoms with van der Waals surface area (Å²) in [5.41, 5.74) is 3.44. The Balaban J connectivity index is 1.34. The van der Waals surface area contributed by atoms with Gasteiger partial charge in [-0.15, -0.1) is 0 Å². The van der Waals surface area contributed by atoms with Crippen molar-refractivity contribution in [2.45, 2.75) is 56.3 Å². The Morgan fingerprint density at radius 1 is 0.833 bits per heavy atom. The Kier molecular flexibility index (Phi) is 4.22. The molecule has 2 aliphatic rings. The van der Waals surface area contributed by atoms with E-state index in [1.54, 1.807) is 0 Å². The van der Waals surface area contributed by atoms with Crippen LogP contribution in [-0.2, 0) is 12.1 Å². The van der Waals surface area contributed by atoms with Crippen molar-refractivity contribution in [3.63, 3.8) is 0 Å². The molecule has 0 radical (unpaired) electrons. The predicted molar refractivity (Wildman–Crippen MR) is 120 cm³/mol. The number of aliphatic hydroxyl groups is 1. The van der Waals surface area contributed by atoms with Crippen molar-refractivity contribution >= 4 is 21.9 Å². The molecule has 0 aliphatic carbocycles. The summed E-state index contributed by atoms with van der Waals surface area (Å²) in [5.74, 6) is 0. The SMILES string of the molecule is OC1(c2ccc3oc4ccccc4c3c2)CC2CCCC(C1)N2Cc1ccccc1. The van der Waals surface area contributed by atoms with Crippen molar-refractivity contribution in [2.75, 3.05) is 0 Å². The van der Waals surface area contributed by atoms with Gasteiger partial charge in [-0.05, 0) is 55.0 Å². The Hall–Kier alpha value is -2.62. The quantitative estimate of drug-likeness (QED) is 0.461. The molecule has 2 atom stereocenters. The number of fused-ring (bicyclic) bond motifs is 5. The third-order valence-electron chi connectivity index (χ3n) is 7.28. The fourth-order valence-corrected chi connectivity index (χ4v) is 5.82. The minimum atomic E-state index is -0.768. The summed E-state index contributed by atoms with van der Waals surface area (Å²) in [6, 6.07) is 26.1. The molecule has 3 aromatic carbocycles. The van der Waals surface area contributed by atoms with E-state index in [4.69, 9.17) is 4.42 Å². The van der Waals surface area contributed by atoms with Crippen LogP contribution >= 0.6 is 0 Å². The van der Waals surface area contributed by atoms with Crippen molar-refractivity contribution in [3.8, 4) is 0 Å². The molecule has 6 rings (SSSR count). The van der Waals surface area contributed by atoms with Crippen LogP contribution in [0, 0.1) is 0 Å². The zero-order valence-electron chi connectivity index (χ0n) is 17.1. The van der Waals surface area contributed by atoms with Crippen molar-refractivity contribution in [1.29, 1.82) is 0 Å². The summed E-state index contributed by atoms with van der Waals surface area (Å²) >= 11 is 0. The number of piperidine rings is 2. The third-order valence-corrected chi connectivity index (χ3v) is 7.28. The average Bonchev–Trinajstić information content (AvgIpc) is 3.13. The van der Waals surface area contributed by atoms with Crippen LogP contribution < -0.4 is 0 Å². The zero-order valence-corrected chi connectivity index (χ0v) is 17.1. The van der Waals surface area contributed by atoms with Gasteiger partial charge in [0.1, 0.15) is 11.2 Å². The van der Waals surface area contributed by atoms with Crippen molar-refractivity contribution in [1.82, 2.24) is 4.90 Å². The van der Waals surface area contributed by atoms with Gasteiger partial charge < -0.3 is 9.52 Å². The molecule has 3 nitrogen and oxygen atoms in total. The molecule has 2 unspecified atom stereocenters. The molecule has 4 aromatic rings. The monoisotopic (exact) mass is 397 g/mol. The van der Waals surface area contributed by atoms with Gasteiger partial charge in [0, 0.05) is 29.4 Å². The van der Waals surface area contributed by atoms with Crippen LogP contribution in [0.1, 0.15) is 43.2 Å². The van der Waals surface area contributed by atoms with Crippen LogP contribution in [0.5, 0.6) is 0 Å². The average molecular weight is 398 g/mol. The summed E-state index contributed by atoms with van der Waals surface area (Å²) < 4.78 is 6.00. The second-order valence-corrected chi connectivity index (χ2v) is 9.15.